The van der Waals surface area contributed by atoms with Crippen molar-refractivity contribution in [3.8, 4) is 11.3 Å². The average Bonchev–Trinajstić information content (AvgIpc) is 2.84. The van der Waals surface area contributed by atoms with Gasteiger partial charge in [0.25, 0.3) is 5.92 Å². The number of hydrogen-bond acceptors (Lipinski definition) is 3. The van der Waals surface area contributed by atoms with Crippen LogP contribution in [0, 0.1) is 0 Å². The second-order valence-electron chi connectivity index (χ2n) is 6.68. The van der Waals surface area contributed by atoms with Gasteiger partial charge >= 0.3 is 6.03 Å². The molecule has 29 heavy (non-hydrogen) atoms. The van der Waals surface area contributed by atoms with Gasteiger partial charge < -0.3 is 0 Å². The Morgan fingerprint density at radius 3 is 2.76 bits per heavy atom. The first-order valence-corrected chi connectivity index (χ1v) is 9.47. The Morgan fingerprint density at radius 1 is 1.14 bits per heavy atom. The van der Waals surface area contributed by atoms with Crippen LogP contribution in [0.4, 0.5) is 25.2 Å². The number of halogens is 3. The van der Waals surface area contributed by atoms with Gasteiger partial charge in [-0.3, -0.25) is 10.2 Å². The Bertz CT molecular complexity index is 1050. The summed E-state index contributed by atoms with van der Waals surface area (Å²) in [5.41, 5.74) is 0.870. The third-order valence-electron chi connectivity index (χ3n) is 4.66. The molecule has 0 atom stereocenters. The SMILES string of the molecule is O=C(Nc1ccccn1)N1CCCC(F)(F)c2ccc(-c3cccc(Cl)c3)nc21. The summed E-state index contributed by atoms with van der Waals surface area (Å²) in [6.45, 7) is 0.118. The number of pyridine rings is 2. The lowest BCUT2D eigenvalue weighted by Gasteiger charge is -2.23. The van der Waals surface area contributed by atoms with Crippen LogP contribution in [0.25, 0.3) is 11.3 Å². The van der Waals surface area contributed by atoms with E-state index in [1.807, 2.05) is 0 Å². The monoisotopic (exact) mass is 414 g/mol. The first-order chi connectivity index (χ1) is 13.9. The van der Waals surface area contributed by atoms with Crippen molar-refractivity contribution < 1.29 is 13.6 Å². The minimum atomic E-state index is -3.07. The lowest BCUT2D eigenvalue weighted by molar-refractivity contribution is -0.0122. The van der Waals surface area contributed by atoms with Crippen molar-refractivity contribution in [2.24, 2.45) is 0 Å². The van der Waals surface area contributed by atoms with Gasteiger partial charge in [-0.25, -0.2) is 23.5 Å². The van der Waals surface area contributed by atoms with E-state index in [4.69, 9.17) is 11.6 Å². The second-order valence-corrected chi connectivity index (χ2v) is 7.12. The fourth-order valence-electron chi connectivity index (χ4n) is 3.26. The summed E-state index contributed by atoms with van der Waals surface area (Å²) < 4.78 is 29.4. The molecule has 3 aromatic rings. The van der Waals surface area contributed by atoms with Crippen LogP contribution in [-0.4, -0.2) is 22.5 Å². The van der Waals surface area contributed by atoms with Crippen molar-refractivity contribution in [3.05, 3.63) is 71.4 Å². The number of hydrogen-bond donors (Lipinski definition) is 1. The largest absolute Gasteiger partial charge is 0.328 e. The van der Waals surface area contributed by atoms with Crippen molar-refractivity contribution in [1.82, 2.24) is 9.97 Å². The Balaban J connectivity index is 1.76. The molecule has 3 heterocycles. The number of carbonyl (C=O) groups excluding carboxylic acids is 1. The van der Waals surface area contributed by atoms with Gasteiger partial charge in [-0.1, -0.05) is 29.8 Å². The topological polar surface area (TPSA) is 58.1 Å². The average molecular weight is 415 g/mol. The summed E-state index contributed by atoms with van der Waals surface area (Å²) in [7, 11) is 0. The van der Waals surface area contributed by atoms with Crippen molar-refractivity contribution in [2.45, 2.75) is 18.8 Å². The van der Waals surface area contributed by atoms with Crippen LogP contribution in [0.1, 0.15) is 18.4 Å². The number of urea groups is 1. The second kappa shape index (κ2) is 7.75. The highest BCUT2D eigenvalue weighted by molar-refractivity contribution is 6.30. The molecule has 1 aliphatic heterocycles. The normalized spacial score (nSPS) is 15.3. The molecule has 1 N–H and O–H groups in total. The minimum Gasteiger partial charge on any atom is -0.292 e. The zero-order valence-electron chi connectivity index (χ0n) is 15.3. The van der Waals surface area contributed by atoms with Gasteiger partial charge in [0.2, 0.25) is 0 Å². The molecule has 0 bridgehead atoms. The highest BCUT2D eigenvalue weighted by Gasteiger charge is 2.40. The van der Waals surface area contributed by atoms with Crippen LogP contribution in [0.3, 0.4) is 0 Å². The molecule has 2 aromatic heterocycles. The van der Waals surface area contributed by atoms with Crippen LogP contribution < -0.4 is 10.2 Å². The molecular weight excluding hydrogens is 398 g/mol. The van der Waals surface area contributed by atoms with E-state index in [0.29, 0.717) is 22.1 Å². The molecule has 1 aromatic carbocycles. The highest BCUT2D eigenvalue weighted by atomic mass is 35.5. The standard InChI is InChI=1S/C21H17ClF2N4O/c22-15-6-3-5-14(13-15)17-9-8-16-19(26-17)28(12-4-10-21(16,23)24)20(29)27-18-7-1-2-11-25-18/h1-3,5-9,11,13H,4,10,12H2,(H,25,27,29). The molecule has 2 amide bonds. The van der Waals surface area contributed by atoms with Crippen LogP contribution in [0.5, 0.6) is 0 Å². The molecule has 1 aliphatic rings. The zero-order chi connectivity index (χ0) is 20.4. The summed E-state index contributed by atoms with van der Waals surface area (Å²) in [6, 6.07) is 14.3. The van der Waals surface area contributed by atoms with Crippen LogP contribution in [0.2, 0.25) is 5.02 Å². The molecule has 4 rings (SSSR count). The number of amides is 2. The summed E-state index contributed by atoms with van der Waals surface area (Å²) >= 11 is 6.05. The van der Waals surface area contributed by atoms with Gasteiger partial charge in [-0.2, -0.15) is 0 Å². The van der Waals surface area contributed by atoms with E-state index in [9.17, 15) is 13.6 Å². The van der Waals surface area contributed by atoms with Crippen LogP contribution in [-0.2, 0) is 5.92 Å². The molecule has 0 fully saturated rings. The fraction of sp³-hybridized carbons (Fsp3) is 0.190. The molecule has 0 aliphatic carbocycles. The van der Waals surface area contributed by atoms with Crippen molar-refractivity contribution in [2.75, 3.05) is 16.8 Å². The van der Waals surface area contributed by atoms with Crippen LogP contribution >= 0.6 is 11.6 Å². The molecule has 0 radical (unpaired) electrons. The number of alkyl halides is 2. The van der Waals surface area contributed by atoms with E-state index in [-0.39, 0.29) is 30.8 Å². The third kappa shape index (κ3) is 4.05. The van der Waals surface area contributed by atoms with E-state index >= 15 is 0 Å². The van der Waals surface area contributed by atoms with E-state index in [1.54, 1.807) is 42.5 Å². The first-order valence-electron chi connectivity index (χ1n) is 9.09. The molecule has 0 spiro atoms. The predicted molar refractivity (Wildman–Crippen MR) is 108 cm³/mol. The molecule has 0 saturated carbocycles. The maximum atomic E-state index is 14.7. The Kier molecular flexibility index (Phi) is 5.15. The minimum absolute atomic E-state index is 0.0570. The molecule has 148 valence electrons. The fourth-order valence-corrected chi connectivity index (χ4v) is 3.45. The van der Waals surface area contributed by atoms with E-state index in [2.05, 4.69) is 15.3 Å². The zero-order valence-corrected chi connectivity index (χ0v) is 16.0. The summed E-state index contributed by atoms with van der Waals surface area (Å²) in [4.78, 5) is 22.6. The van der Waals surface area contributed by atoms with E-state index in [0.717, 1.165) is 0 Å². The molecule has 8 heteroatoms. The Morgan fingerprint density at radius 2 is 2.00 bits per heavy atom. The Hall–Kier alpha value is -3.06. The first kappa shape index (κ1) is 19.3. The van der Waals surface area contributed by atoms with E-state index in [1.165, 1.54) is 23.2 Å². The third-order valence-corrected chi connectivity index (χ3v) is 4.90. The van der Waals surface area contributed by atoms with Crippen molar-refractivity contribution >= 4 is 29.3 Å². The highest BCUT2D eigenvalue weighted by Crippen LogP contribution is 2.41. The van der Waals surface area contributed by atoms with Crippen molar-refractivity contribution in [3.63, 3.8) is 0 Å². The molecule has 0 saturated heterocycles. The summed E-state index contributed by atoms with van der Waals surface area (Å²) in [6.07, 6.45) is 1.33. The van der Waals surface area contributed by atoms with Gasteiger partial charge in [0.1, 0.15) is 11.6 Å². The molecule has 0 unspecified atom stereocenters. The predicted octanol–water partition coefficient (Wildman–Crippen LogP) is 5.72. The molecular formula is C21H17ClF2N4O. The number of rotatable bonds is 2. The smallest absolute Gasteiger partial charge is 0.292 e. The number of fused-ring (bicyclic) bond motifs is 1. The van der Waals surface area contributed by atoms with Crippen LogP contribution in [0.15, 0.2) is 60.8 Å². The number of anilines is 2. The quantitative estimate of drug-likeness (QED) is 0.583. The maximum Gasteiger partial charge on any atom is 0.328 e. The lowest BCUT2D eigenvalue weighted by Crippen LogP contribution is -2.36. The summed E-state index contributed by atoms with van der Waals surface area (Å²) in [5, 5.41) is 3.15. The van der Waals surface area contributed by atoms with Gasteiger partial charge in [0.15, 0.2) is 0 Å². The van der Waals surface area contributed by atoms with Crippen molar-refractivity contribution in [1.29, 1.82) is 0 Å². The maximum absolute atomic E-state index is 14.7. The van der Waals surface area contributed by atoms with Gasteiger partial charge in [-0.05, 0) is 42.8 Å². The molecule has 5 nitrogen and oxygen atoms in total. The number of aromatic nitrogens is 2. The van der Waals surface area contributed by atoms with E-state index < -0.39 is 12.0 Å². The van der Waals surface area contributed by atoms with Gasteiger partial charge in [-0.15, -0.1) is 0 Å². The number of nitrogens with zero attached hydrogens (tertiary/aromatic N) is 3. The van der Waals surface area contributed by atoms with Gasteiger partial charge in [0.05, 0.1) is 11.3 Å². The van der Waals surface area contributed by atoms with Gasteiger partial charge in [0, 0.05) is 29.7 Å². The number of benzene rings is 1. The summed E-state index contributed by atoms with van der Waals surface area (Å²) in [5.74, 6) is -2.80. The Labute approximate surface area is 171 Å². The number of nitrogens with one attached hydrogen (secondary N) is 1. The number of carbonyl (C=O) groups is 1. The lowest BCUT2D eigenvalue weighted by atomic mass is 10.0.